The molecular formula is C8H8F2N2. The first-order chi connectivity index (χ1) is 5.60. The highest BCUT2D eigenvalue weighted by Crippen LogP contribution is 2.38. The molecule has 0 bridgehead atoms. The lowest BCUT2D eigenvalue weighted by Gasteiger charge is -2.26. The first-order valence-electron chi connectivity index (χ1n) is 3.74. The summed E-state index contributed by atoms with van der Waals surface area (Å²) < 4.78 is 25.7. The summed E-state index contributed by atoms with van der Waals surface area (Å²) >= 11 is 0. The van der Waals surface area contributed by atoms with Crippen LogP contribution in [0.1, 0.15) is 19.3 Å². The van der Waals surface area contributed by atoms with Gasteiger partial charge in [-0.25, -0.2) is 15.4 Å². The lowest BCUT2D eigenvalue weighted by molar-refractivity contribution is -0.0658. The fourth-order valence-corrected chi connectivity index (χ4v) is 1.36. The first-order valence-corrected chi connectivity index (χ1v) is 3.74. The molecule has 12 heavy (non-hydrogen) atoms. The van der Waals surface area contributed by atoms with E-state index in [0.29, 0.717) is 0 Å². The standard InChI is InChI=1S/C8H8F2N2/c1-12-7-2-3-8(9,10)6(4-7)5-11/h6-7H,2-4H2. The van der Waals surface area contributed by atoms with Gasteiger partial charge in [-0.15, -0.1) is 0 Å². The van der Waals surface area contributed by atoms with Gasteiger partial charge in [0.1, 0.15) is 5.92 Å². The zero-order valence-corrected chi connectivity index (χ0v) is 6.43. The Morgan fingerprint density at radius 2 is 2.25 bits per heavy atom. The summed E-state index contributed by atoms with van der Waals surface area (Å²) in [6.45, 7) is 6.66. The number of nitrogens with zero attached hydrogens (tertiary/aromatic N) is 2. The van der Waals surface area contributed by atoms with E-state index in [0.717, 1.165) is 0 Å². The molecule has 0 aromatic rings. The highest BCUT2D eigenvalue weighted by atomic mass is 19.3. The molecule has 0 spiro atoms. The van der Waals surface area contributed by atoms with Crippen molar-refractivity contribution in [1.82, 2.24) is 0 Å². The molecular weight excluding hydrogens is 162 g/mol. The molecule has 1 rings (SSSR count). The van der Waals surface area contributed by atoms with Crippen molar-refractivity contribution in [3.63, 3.8) is 0 Å². The SMILES string of the molecule is [C-]#[N+]C1CCC(F)(F)C(C#N)C1. The number of halogens is 2. The quantitative estimate of drug-likeness (QED) is 0.512. The number of nitriles is 1. The number of alkyl halides is 2. The van der Waals surface area contributed by atoms with E-state index in [4.69, 9.17) is 11.8 Å². The Morgan fingerprint density at radius 3 is 2.75 bits per heavy atom. The summed E-state index contributed by atoms with van der Waals surface area (Å²) in [7, 11) is 0. The Bertz CT molecular complexity index is 249. The van der Waals surface area contributed by atoms with Crippen LogP contribution < -0.4 is 0 Å². The third-order valence-electron chi connectivity index (χ3n) is 2.17. The molecule has 2 atom stereocenters. The average molecular weight is 170 g/mol. The molecule has 64 valence electrons. The highest BCUT2D eigenvalue weighted by molar-refractivity contribution is 5.02. The van der Waals surface area contributed by atoms with Crippen LogP contribution in [0.4, 0.5) is 8.78 Å². The summed E-state index contributed by atoms with van der Waals surface area (Å²) in [6.07, 6.45) is -0.0834. The van der Waals surface area contributed by atoms with Crippen LogP contribution in [0.5, 0.6) is 0 Å². The molecule has 4 heteroatoms. The third kappa shape index (κ3) is 1.53. The molecule has 0 aromatic heterocycles. The largest absolute Gasteiger partial charge is 0.314 e. The summed E-state index contributed by atoms with van der Waals surface area (Å²) in [5.74, 6) is -4.14. The molecule has 0 radical (unpaired) electrons. The minimum atomic E-state index is -2.88. The van der Waals surface area contributed by atoms with Gasteiger partial charge in [0.15, 0.2) is 0 Å². The summed E-state index contributed by atoms with van der Waals surface area (Å²) in [4.78, 5) is 3.18. The molecule has 0 saturated heterocycles. The van der Waals surface area contributed by atoms with Crippen LogP contribution in [0.2, 0.25) is 0 Å². The summed E-state index contributed by atoms with van der Waals surface area (Å²) in [6, 6.07) is 1.18. The number of hydrogen-bond donors (Lipinski definition) is 0. The van der Waals surface area contributed by atoms with Crippen molar-refractivity contribution in [2.75, 3.05) is 0 Å². The Kier molecular flexibility index (Phi) is 2.28. The van der Waals surface area contributed by atoms with E-state index in [9.17, 15) is 8.78 Å². The van der Waals surface area contributed by atoms with E-state index in [1.165, 1.54) is 0 Å². The fraction of sp³-hybridized carbons (Fsp3) is 0.750. The van der Waals surface area contributed by atoms with Gasteiger partial charge < -0.3 is 4.85 Å². The minimum Gasteiger partial charge on any atom is -0.314 e. The zero-order chi connectivity index (χ0) is 9.19. The smallest absolute Gasteiger partial charge is 0.264 e. The molecule has 1 aliphatic rings. The van der Waals surface area contributed by atoms with Crippen molar-refractivity contribution in [1.29, 1.82) is 5.26 Å². The summed E-state index contributed by atoms with van der Waals surface area (Å²) in [5.41, 5.74) is 0. The second-order valence-electron chi connectivity index (χ2n) is 3.00. The van der Waals surface area contributed by atoms with Gasteiger partial charge in [-0.1, -0.05) is 0 Å². The van der Waals surface area contributed by atoms with Crippen LogP contribution in [0.3, 0.4) is 0 Å². The molecule has 2 nitrogen and oxygen atoms in total. The Hall–Kier alpha value is -1.16. The molecule has 0 N–H and O–H groups in total. The molecule has 1 fully saturated rings. The van der Waals surface area contributed by atoms with E-state index in [1.54, 1.807) is 6.07 Å². The normalized spacial score (nSPS) is 33.3. The first kappa shape index (κ1) is 8.93. The minimum absolute atomic E-state index is 0.0208. The predicted molar refractivity (Wildman–Crippen MR) is 38.3 cm³/mol. The molecule has 0 aliphatic heterocycles. The van der Waals surface area contributed by atoms with Gasteiger partial charge >= 0.3 is 0 Å². The second-order valence-corrected chi connectivity index (χ2v) is 3.00. The maximum Gasteiger partial charge on any atom is 0.264 e. The van der Waals surface area contributed by atoms with Crippen molar-refractivity contribution < 1.29 is 8.78 Å². The van der Waals surface area contributed by atoms with Gasteiger partial charge in [0, 0.05) is 19.3 Å². The summed E-state index contributed by atoms with van der Waals surface area (Å²) in [5, 5.41) is 8.41. The Balaban J connectivity index is 2.69. The average Bonchev–Trinajstić information content (AvgIpc) is 2.04. The second kappa shape index (κ2) is 3.06. The molecule has 0 amide bonds. The highest BCUT2D eigenvalue weighted by Gasteiger charge is 2.46. The molecule has 0 heterocycles. The van der Waals surface area contributed by atoms with Crippen molar-refractivity contribution in [3.8, 4) is 6.07 Å². The monoisotopic (exact) mass is 170 g/mol. The predicted octanol–water partition coefficient (Wildman–Crippen LogP) is 2.23. The van der Waals surface area contributed by atoms with Crippen molar-refractivity contribution in [2.45, 2.75) is 31.2 Å². The maximum absolute atomic E-state index is 12.9. The topological polar surface area (TPSA) is 28.1 Å². The lowest BCUT2D eigenvalue weighted by atomic mass is 9.84. The van der Waals surface area contributed by atoms with E-state index in [-0.39, 0.29) is 25.3 Å². The van der Waals surface area contributed by atoms with Crippen LogP contribution in [0.25, 0.3) is 4.85 Å². The van der Waals surface area contributed by atoms with Crippen LogP contribution >= 0.6 is 0 Å². The maximum atomic E-state index is 12.9. The Labute approximate surface area is 69.6 Å². The van der Waals surface area contributed by atoms with Gasteiger partial charge in [-0.2, -0.15) is 5.26 Å². The molecule has 1 saturated carbocycles. The van der Waals surface area contributed by atoms with Crippen LogP contribution in [0, 0.1) is 23.8 Å². The molecule has 2 unspecified atom stereocenters. The van der Waals surface area contributed by atoms with E-state index in [1.807, 2.05) is 0 Å². The van der Waals surface area contributed by atoms with E-state index in [2.05, 4.69) is 4.85 Å². The van der Waals surface area contributed by atoms with Gasteiger partial charge in [-0.3, -0.25) is 0 Å². The van der Waals surface area contributed by atoms with Crippen molar-refractivity contribution >= 4 is 0 Å². The fourth-order valence-electron chi connectivity index (χ4n) is 1.36. The lowest BCUT2D eigenvalue weighted by Crippen LogP contribution is -2.35. The van der Waals surface area contributed by atoms with Crippen LogP contribution in [-0.2, 0) is 0 Å². The van der Waals surface area contributed by atoms with Crippen molar-refractivity contribution in [3.05, 3.63) is 11.4 Å². The van der Waals surface area contributed by atoms with Gasteiger partial charge in [0.25, 0.3) is 5.92 Å². The Morgan fingerprint density at radius 1 is 1.58 bits per heavy atom. The van der Waals surface area contributed by atoms with E-state index < -0.39 is 11.8 Å². The molecule has 0 aromatic carbocycles. The zero-order valence-electron chi connectivity index (χ0n) is 6.43. The van der Waals surface area contributed by atoms with E-state index >= 15 is 0 Å². The number of hydrogen-bond acceptors (Lipinski definition) is 1. The van der Waals surface area contributed by atoms with Crippen LogP contribution in [-0.4, -0.2) is 12.0 Å². The third-order valence-corrected chi connectivity index (χ3v) is 2.17. The number of rotatable bonds is 0. The van der Waals surface area contributed by atoms with Gasteiger partial charge in [0.2, 0.25) is 6.04 Å². The molecule has 1 aliphatic carbocycles. The van der Waals surface area contributed by atoms with Gasteiger partial charge in [-0.05, 0) is 0 Å². The van der Waals surface area contributed by atoms with Gasteiger partial charge in [0.05, 0.1) is 6.07 Å². The van der Waals surface area contributed by atoms with Crippen molar-refractivity contribution in [2.24, 2.45) is 5.92 Å². The van der Waals surface area contributed by atoms with Crippen LogP contribution in [0.15, 0.2) is 0 Å².